The number of anilines is 1. The van der Waals surface area contributed by atoms with Gasteiger partial charge in [-0.1, -0.05) is 35.9 Å². The molecule has 7 nitrogen and oxygen atoms in total. The predicted molar refractivity (Wildman–Crippen MR) is 135 cm³/mol. The summed E-state index contributed by atoms with van der Waals surface area (Å²) in [7, 11) is 0. The van der Waals surface area contributed by atoms with Crippen LogP contribution in [0.5, 0.6) is 0 Å². The minimum absolute atomic E-state index is 0.168. The van der Waals surface area contributed by atoms with Crippen LogP contribution in [0.15, 0.2) is 42.6 Å². The van der Waals surface area contributed by atoms with E-state index in [1.165, 1.54) is 0 Å². The molecule has 1 aromatic carbocycles. The summed E-state index contributed by atoms with van der Waals surface area (Å²) in [6.45, 7) is 6.54. The van der Waals surface area contributed by atoms with Crippen molar-refractivity contribution in [3.63, 3.8) is 0 Å². The second kappa shape index (κ2) is 9.60. The summed E-state index contributed by atoms with van der Waals surface area (Å²) in [6, 6.07) is 5.91. The largest absolute Gasteiger partial charge is 0.381 e. The number of amides is 1. The van der Waals surface area contributed by atoms with E-state index in [1.807, 2.05) is 61.2 Å². The number of aryl methyl sites for hydroxylation is 2. The zero-order chi connectivity index (χ0) is 23.7. The van der Waals surface area contributed by atoms with Crippen LogP contribution in [-0.4, -0.2) is 39.9 Å². The normalized spacial score (nSPS) is 15.8. The van der Waals surface area contributed by atoms with E-state index in [-0.39, 0.29) is 11.9 Å². The second-order valence-electron chi connectivity index (χ2n) is 8.67. The van der Waals surface area contributed by atoms with Gasteiger partial charge in [0.1, 0.15) is 0 Å². The van der Waals surface area contributed by atoms with Gasteiger partial charge in [0.2, 0.25) is 0 Å². The number of hydrogen-bond donors (Lipinski definition) is 2. The van der Waals surface area contributed by atoms with E-state index in [4.69, 9.17) is 21.3 Å². The zero-order valence-electron chi connectivity index (χ0n) is 19.4. The smallest absolute Gasteiger partial charge is 0.255 e. The first-order chi connectivity index (χ1) is 16.5. The van der Waals surface area contributed by atoms with Gasteiger partial charge in [0.05, 0.1) is 28.5 Å². The molecule has 5 rings (SSSR count). The molecule has 1 amide bonds. The van der Waals surface area contributed by atoms with Crippen molar-refractivity contribution in [3.8, 4) is 0 Å². The predicted octanol–water partition coefficient (Wildman–Crippen LogP) is 4.89. The highest BCUT2D eigenvalue weighted by Crippen LogP contribution is 2.35. The Morgan fingerprint density at radius 2 is 2.09 bits per heavy atom. The summed E-state index contributed by atoms with van der Waals surface area (Å²) in [4.78, 5) is 18.6. The number of ether oxygens (including phenoxy) is 1. The number of benzene rings is 1. The first kappa shape index (κ1) is 22.6. The lowest BCUT2D eigenvalue weighted by Gasteiger charge is -2.26. The molecule has 1 fully saturated rings. The van der Waals surface area contributed by atoms with Crippen molar-refractivity contribution in [3.05, 3.63) is 70.0 Å². The molecule has 0 bridgehead atoms. The van der Waals surface area contributed by atoms with Gasteiger partial charge in [-0.05, 0) is 49.9 Å². The van der Waals surface area contributed by atoms with Crippen LogP contribution >= 0.6 is 11.6 Å². The van der Waals surface area contributed by atoms with Gasteiger partial charge >= 0.3 is 0 Å². The lowest BCUT2D eigenvalue weighted by molar-refractivity contribution is 0.0904. The Balaban J connectivity index is 1.57. The van der Waals surface area contributed by atoms with Crippen molar-refractivity contribution in [1.82, 2.24) is 20.1 Å². The highest BCUT2D eigenvalue weighted by molar-refractivity contribution is 6.30. The van der Waals surface area contributed by atoms with Gasteiger partial charge in [0, 0.05) is 42.9 Å². The van der Waals surface area contributed by atoms with E-state index >= 15 is 0 Å². The minimum atomic E-state index is -0.168. The molecule has 1 aliphatic heterocycles. The lowest BCUT2D eigenvalue weighted by Crippen LogP contribution is -2.31. The van der Waals surface area contributed by atoms with E-state index in [0.717, 1.165) is 46.3 Å². The van der Waals surface area contributed by atoms with Gasteiger partial charge < -0.3 is 15.4 Å². The summed E-state index contributed by atoms with van der Waals surface area (Å²) < 4.78 is 7.41. The summed E-state index contributed by atoms with van der Waals surface area (Å²) in [6.07, 6.45) is 9.51. The third-order valence-corrected chi connectivity index (χ3v) is 6.69. The SMILES string of the molecule is CCn1ncc2c(NC3CCOCC3)c(C(=O)NCc3ccc(Cl)cc3C)c(C3=CC=C3)nc21. The standard InChI is InChI=1S/C26H28ClN5O2/c1-3-32-25-21(15-29-32)24(30-20-9-11-34-12-10-20)22(23(31-25)17-5-4-6-17)26(33)28-14-18-7-8-19(27)13-16(18)2/h4-8,13,15,20H,3,9-12,14H2,1-2H3,(H,28,33)(H,30,31). The summed E-state index contributed by atoms with van der Waals surface area (Å²) in [5.41, 5.74) is 5.79. The average molecular weight is 478 g/mol. The van der Waals surface area contributed by atoms with Crippen LogP contribution in [0.3, 0.4) is 0 Å². The second-order valence-corrected chi connectivity index (χ2v) is 9.11. The average Bonchev–Trinajstić information content (AvgIpc) is 3.21. The zero-order valence-corrected chi connectivity index (χ0v) is 20.2. The lowest BCUT2D eigenvalue weighted by atomic mass is 9.96. The van der Waals surface area contributed by atoms with E-state index in [9.17, 15) is 4.79 Å². The first-order valence-corrected chi connectivity index (χ1v) is 12.1. The third-order valence-electron chi connectivity index (χ3n) is 6.45. The van der Waals surface area contributed by atoms with Gasteiger partial charge in [-0.2, -0.15) is 5.10 Å². The maximum atomic E-state index is 13.7. The van der Waals surface area contributed by atoms with Gasteiger partial charge in [-0.15, -0.1) is 0 Å². The molecule has 3 heterocycles. The summed E-state index contributed by atoms with van der Waals surface area (Å²) in [5, 5.41) is 12.9. The van der Waals surface area contributed by atoms with Crippen LogP contribution in [0.1, 0.15) is 46.9 Å². The Hall–Kier alpha value is -3.16. The number of pyridine rings is 1. The quantitative estimate of drug-likeness (QED) is 0.506. The summed E-state index contributed by atoms with van der Waals surface area (Å²) >= 11 is 6.10. The number of nitrogens with zero attached hydrogens (tertiary/aromatic N) is 3. The molecule has 34 heavy (non-hydrogen) atoms. The highest BCUT2D eigenvalue weighted by atomic mass is 35.5. The Kier molecular flexibility index (Phi) is 6.39. The number of nitrogens with one attached hydrogen (secondary N) is 2. The number of halogens is 1. The van der Waals surface area contributed by atoms with E-state index in [1.54, 1.807) is 0 Å². The maximum absolute atomic E-state index is 13.7. The van der Waals surface area contributed by atoms with Crippen LogP contribution < -0.4 is 10.6 Å². The van der Waals surface area contributed by atoms with E-state index in [0.29, 0.717) is 42.6 Å². The van der Waals surface area contributed by atoms with Crippen molar-refractivity contribution < 1.29 is 9.53 Å². The van der Waals surface area contributed by atoms with Crippen LogP contribution in [0.2, 0.25) is 5.02 Å². The molecular formula is C26H28ClN5O2. The fraction of sp³-hybridized carbons (Fsp3) is 0.346. The Morgan fingerprint density at radius 3 is 2.76 bits per heavy atom. The number of fused-ring (bicyclic) bond motifs is 1. The van der Waals surface area contributed by atoms with Gasteiger partial charge in [-0.25, -0.2) is 9.67 Å². The van der Waals surface area contributed by atoms with Gasteiger partial charge in [0.15, 0.2) is 5.65 Å². The highest BCUT2D eigenvalue weighted by Gasteiger charge is 2.27. The third kappa shape index (κ3) is 4.33. The van der Waals surface area contributed by atoms with Crippen LogP contribution in [0.25, 0.3) is 16.6 Å². The number of carbonyl (C=O) groups is 1. The molecule has 3 aromatic rings. The molecule has 2 aromatic heterocycles. The molecule has 176 valence electrons. The Bertz CT molecular complexity index is 1300. The van der Waals surface area contributed by atoms with E-state index in [2.05, 4.69) is 15.7 Å². The molecule has 0 saturated carbocycles. The monoisotopic (exact) mass is 477 g/mol. The Labute approximate surface area is 203 Å². The molecule has 2 N–H and O–H groups in total. The van der Waals surface area contributed by atoms with Crippen LogP contribution in [0.4, 0.5) is 5.69 Å². The van der Waals surface area contributed by atoms with E-state index < -0.39 is 0 Å². The van der Waals surface area contributed by atoms with Gasteiger partial charge in [-0.3, -0.25) is 4.79 Å². The molecule has 0 spiro atoms. The molecule has 0 radical (unpaired) electrons. The minimum Gasteiger partial charge on any atom is -0.381 e. The molecule has 1 aliphatic carbocycles. The van der Waals surface area contributed by atoms with Crippen molar-refractivity contribution in [2.75, 3.05) is 18.5 Å². The maximum Gasteiger partial charge on any atom is 0.255 e. The molecule has 8 heteroatoms. The van der Waals surface area contributed by atoms with Crippen LogP contribution in [-0.2, 0) is 17.8 Å². The van der Waals surface area contributed by atoms with Crippen LogP contribution in [0, 0.1) is 6.92 Å². The number of hydrogen-bond acceptors (Lipinski definition) is 5. The number of rotatable bonds is 7. The molecule has 0 unspecified atom stereocenters. The van der Waals surface area contributed by atoms with Gasteiger partial charge in [0.25, 0.3) is 5.91 Å². The number of carbonyl (C=O) groups excluding carboxylic acids is 1. The fourth-order valence-electron chi connectivity index (χ4n) is 4.42. The molecular weight excluding hydrogens is 450 g/mol. The van der Waals surface area contributed by atoms with Crippen molar-refractivity contribution in [2.45, 2.75) is 45.8 Å². The molecule has 0 atom stereocenters. The van der Waals surface area contributed by atoms with Crippen molar-refractivity contribution >= 4 is 39.8 Å². The topological polar surface area (TPSA) is 81.1 Å². The van der Waals surface area contributed by atoms with Crippen molar-refractivity contribution in [1.29, 1.82) is 0 Å². The van der Waals surface area contributed by atoms with Crippen molar-refractivity contribution in [2.24, 2.45) is 0 Å². The molecule has 1 saturated heterocycles. The first-order valence-electron chi connectivity index (χ1n) is 11.7. The number of allylic oxidation sites excluding steroid dienone is 4. The fourth-order valence-corrected chi connectivity index (χ4v) is 4.64. The Morgan fingerprint density at radius 1 is 1.29 bits per heavy atom. The molecule has 2 aliphatic rings. The summed E-state index contributed by atoms with van der Waals surface area (Å²) in [5.74, 6) is -0.168. The number of aromatic nitrogens is 3.